The van der Waals surface area contributed by atoms with Crippen LogP contribution in [-0.4, -0.2) is 29.6 Å². The van der Waals surface area contributed by atoms with Gasteiger partial charge in [0.05, 0.1) is 5.56 Å². The number of amides is 1. The van der Waals surface area contributed by atoms with Gasteiger partial charge in [0.25, 0.3) is 5.91 Å². The largest absolute Gasteiger partial charge is 0.503 e. The molecule has 1 amide bonds. The zero-order valence-electron chi connectivity index (χ0n) is 11.3. The van der Waals surface area contributed by atoms with E-state index in [1.54, 1.807) is 0 Å². The number of carbonyl (C=O) groups excluding carboxylic acids is 1. The fourth-order valence-electron chi connectivity index (χ4n) is 2.24. The lowest BCUT2D eigenvalue weighted by Crippen LogP contribution is -2.52. The first kappa shape index (κ1) is 17.6. The van der Waals surface area contributed by atoms with Crippen molar-refractivity contribution in [1.82, 2.24) is 10.6 Å². The van der Waals surface area contributed by atoms with Gasteiger partial charge >= 0.3 is 0 Å². The van der Waals surface area contributed by atoms with Crippen molar-refractivity contribution in [2.75, 3.05) is 6.54 Å². The predicted molar refractivity (Wildman–Crippen MR) is 73.2 cm³/mol. The Morgan fingerprint density at radius 1 is 1.38 bits per heavy atom. The Bertz CT molecular complexity index is 543. The maximum atomic E-state index is 13.6. The Morgan fingerprint density at radius 2 is 2.05 bits per heavy atom. The van der Waals surface area contributed by atoms with Gasteiger partial charge in [0.15, 0.2) is 17.4 Å². The molecule has 4 nitrogen and oxygen atoms in total. The van der Waals surface area contributed by atoms with Gasteiger partial charge in [-0.2, -0.15) is 4.39 Å². The molecule has 0 aliphatic carbocycles. The van der Waals surface area contributed by atoms with Crippen molar-refractivity contribution < 1.29 is 23.1 Å². The van der Waals surface area contributed by atoms with Gasteiger partial charge in [0.1, 0.15) is 0 Å². The molecule has 1 saturated heterocycles. The lowest BCUT2D eigenvalue weighted by Gasteiger charge is -2.30. The number of halogens is 4. The molecule has 2 unspecified atom stereocenters. The van der Waals surface area contributed by atoms with Crippen LogP contribution in [0.1, 0.15) is 30.1 Å². The second kappa shape index (κ2) is 7.00. The number of hydrogen-bond acceptors (Lipinski definition) is 3. The first-order valence-electron chi connectivity index (χ1n) is 6.32. The molecular weight excluding hydrogens is 309 g/mol. The highest BCUT2D eigenvalue weighted by Crippen LogP contribution is 2.26. The standard InChI is InChI=1S/C13H15F3N2O2.ClH/c1-6-9(3-2-4-17-6)18-13(20)7-5-8(14)11(16)12(19)10(7)15;/h5-6,9,17,19H,2-4H2,1H3,(H,18,20);1H. The van der Waals surface area contributed by atoms with Crippen molar-refractivity contribution in [2.45, 2.75) is 31.8 Å². The predicted octanol–water partition coefficient (Wildman–Crippen LogP) is 2.10. The van der Waals surface area contributed by atoms with Crippen LogP contribution in [-0.2, 0) is 0 Å². The summed E-state index contributed by atoms with van der Waals surface area (Å²) in [5.74, 6) is -6.99. The summed E-state index contributed by atoms with van der Waals surface area (Å²) in [6.07, 6.45) is 1.55. The molecule has 1 aliphatic rings. The Balaban J connectivity index is 0.00000220. The molecule has 1 aromatic carbocycles. The van der Waals surface area contributed by atoms with Crippen LogP contribution in [0.25, 0.3) is 0 Å². The molecule has 0 aromatic heterocycles. The summed E-state index contributed by atoms with van der Waals surface area (Å²) >= 11 is 0. The van der Waals surface area contributed by atoms with E-state index in [0.717, 1.165) is 13.0 Å². The van der Waals surface area contributed by atoms with E-state index in [-0.39, 0.29) is 24.5 Å². The van der Waals surface area contributed by atoms with E-state index >= 15 is 0 Å². The molecule has 8 heteroatoms. The lowest BCUT2D eigenvalue weighted by molar-refractivity contribution is 0.0914. The van der Waals surface area contributed by atoms with E-state index in [0.29, 0.717) is 12.5 Å². The summed E-state index contributed by atoms with van der Waals surface area (Å²) < 4.78 is 39.7. The van der Waals surface area contributed by atoms with Gasteiger partial charge in [-0.25, -0.2) is 8.78 Å². The number of rotatable bonds is 2. The van der Waals surface area contributed by atoms with Gasteiger partial charge in [0.2, 0.25) is 5.82 Å². The van der Waals surface area contributed by atoms with Gasteiger partial charge in [-0.3, -0.25) is 4.79 Å². The number of aromatic hydroxyl groups is 1. The molecule has 1 aromatic rings. The summed E-state index contributed by atoms with van der Waals surface area (Å²) in [7, 11) is 0. The van der Waals surface area contributed by atoms with Crippen LogP contribution in [0.15, 0.2) is 6.07 Å². The molecule has 0 spiro atoms. The van der Waals surface area contributed by atoms with Crippen molar-refractivity contribution in [3.05, 3.63) is 29.1 Å². The molecule has 0 saturated carbocycles. The summed E-state index contributed by atoms with van der Waals surface area (Å²) in [6.45, 7) is 2.69. The van der Waals surface area contributed by atoms with E-state index < -0.39 is 34.7 Å². The highest BCUT2D eigenvalue weighted by atomic mass is 35.5. The fourth-order valence-corrected chi connectivity index (χ4v) is 2.24. The van der Waals surface area contributed by atoms with Crippen LogP contribution in [0, 0.1) is 17.5 Å². The minimum atomic E-state index is -1.70. The monoisotopic (exact) mass is 324 g/mol. The molecule has 2 atom stereocenters. The van der Waals surface area contributed by atoms with Gasteiger partial charge in [0, 0.05) is 12.1 Å². The first-order chi connectivity index (χ1) is 9.41. The quantitative estimate of drug-likeness (QED) is 0.730. The minimum absolute atomic E-state index is 0. The van der Waals surface area contributed by atoms with E-state index in [2.05, 4.69) is 10.6 Å². The third kappa shape index (κ3) is 3.59. The number of carbonyl (C=O) groups is 1. The second-order valence-corrected chi connectivity index (χ2v) is 4.85. The number of benzene rings is 1. The molecule has 21 heavy (non-hydrogen) atoms. The molecular formula is C13H16ClF3N2O2. The van der Waals surface area contributed by atoms with Crippen LogP contribution >= 0.6 is 12.4 Å². The second-order valence-electron chi connectivity index (χ2n) is 4.85. The molecule has 1 fully saturated rings. The van der Waals surface area contributed by atoms with Gasteiger partial charge in [-0.05, 0) is 32.4 Å². The van der Waals surface area contributed by atoms with Crippen molar-refractivity contribution in [2.24, 2.45) is 0 Å². The summed E-state index contributed by atoms with van der Waals surface area (Å²) in [5.41, 5.74) is -0.709. The van der Waals surface area contributed by atoms with E-state index in [9.17, 15) is 18.0 Å². The third-order valence-electron chi connectivity index (χ3n) is 3.46. The topological polar surface area (TPSA) is 61.4 Å². The highest BCUT2D eigenvalue weighted by molar-refractivity contribution is 5.95. The number of hydrogen-bond donors (Lipinski definition) is 3. The van der Waals surface area contributed by atoms with Crippen molar-refractivity contribution in [3.8, 4) is 5.75 Å². The number of phenols is 1. The smallest absolute Gasteiger partial charge is 0.254 e. The fraction of sp³-hybridized carbons (Fsp3) is 0.462. The molecule has 1 aliphatic heterocycles. The van der Waals surface area contributed by atoms with Crippen molar-refractivity contribution >= 4 is 18.3 Å². The molecule has 1 heterocycles. The molecule has 0 bridgehead atoms. The Kier molecular flexibility index (Phi) is 5.86. The highest BCUT2D eigenvalue weighted by Gasteiger charge is 2.27. The van der Waals surface area contributed by atoms with Crippen LogP contribution in [0.5, 0.6) is 5.75 Å². The van der Waals surface area contributed by atoms with Gasteiger partial charge in [-0.1, -0.05) is 0 Å². The van der Waals surface area contributed by atoms with Crippen molar-refractivity contribution in [3.63, 3.8) is 0 Å². The van der Waals surface area contributed by atoms with Crippen LogP contribution in [0.3, 0.4) is 0 Å². The van der Waals surface area contributed by atoms with E-state index in [1.807, 2.05) is 6.92 Å². The molecule has 0 radical (unpaired) electrons. The zero-order chi connectivity index (χ0) is 14.9. The summed E-state index contributed by atoms with van der Waals surface area (Å²) in [6, 6.07) is 0.209. The van der Waals surface area contributed by atoms with E-state index in [4.69, 9.17) is 5.11 Å². The lowest BCUT2D eigenvalue weighted by atomic mass is 9.99. The first-order valence-corrected chi connectivity index (χ1v) is 6.32. The maximum absolute atomic E-state index is 13.6. The SMILES string of the molecule is CC1NCCCC1NC(=O)c1cc(F)c(F)c(O)c1F.Cl. The Hall–Kier alpha value is -1.47. The van der Waals surface area contributed by atoms with Crippen molar-refractivity contribution in [1.29, 1.82) is 0 Å². The third-order valence-corrected chi connectivity index (χ3v) is 3.46. The van der Waals surface area contributed by atoms with Gasteiger partial charge in [-0.15, -0.1) is 12.4 Å². The molecule has 3 N–H and O–H groups in total. The average Bonchev–Trinajstić information content (AvgIpc) is 2.43. The Morgan fingerprint density at radius 3 is 2.67 bits per heavy atom. The maximum Gasteiger partial charge on any atom is 0.254 e. The van der Waals surface area contributed by atoms with Crippen LogP contribution in [0.2, 0.25) is 0 Å². The summed E-state index contributed by atoms with van der Waals surface area (Å²) in [4.78, 5) is 11.9. The zero-order valence-corrected chi connectivity index (χ0v) is 12.1. The molecule has 2 rings (SSSR count). The van der Waals surface area contributed by atoms with E-state index in [1.165, 1.54) is 0 Å². The van der Waals surface area contributed by atoms with Crippen LogP contribution < -0.4 is 10.6 Å². The average molecular weight is 325 g/mol. The molecule has 118 valence electrons. The van der Waals surface area contributed by atoms with Crippen LogP contribution in [0.4, 0.5) is 13.2 Å². The minimum Gasteiger partial charge on any atom is -0.503 e. The van der Waals surface area contributed by atoms with Gasteiger partial charge < -0.3 is 15.7 Å². The normalized spacial score (nSPS) is 21.5. The summed E-state index contributed by atoms with van der Waals surface area (Å²) in [5, 5.41) is 14.8. The number of phenolic OH excluding ortho intramolecular Hbond substituents is 1. The Labute approximate surface area is 126 Å². The number of nitrogens with one attached hydrogen (secondary N) is 2. The number of piperidine rings is 1.